The minimum absolute atomic E-state index is 0.484. The van der Waals surface area contributed by atoms with Gasteiger partial charge in [-0.1, -0.05) is 54.6 Å². The molecule has 0 N–H and O–H groups in total. The number of nitriles is 1. The average Bonchev–Trinajstić information content (AvgIpc) is 2.50. The fourth-order valence-corrected chi connectivity index (χ4v) is 2.33. The number of hydrogen-bond donors (Lipinski definition) is 0. The molecule has 0 heterocycles. The van der Waals surface area contributed by atoms with Crippen molar-refractivity contribution in [1.29, 1.82) is 5.26 Å². The fourth-order valence-electron chi connectivity index (χ4n) is 2.33. The van der Waals surface area contributed by atoms with Gasteiger partial charge in [-0.3, -0.25) is 4.90 Å². The number of hydrogen-bond acceptors (Lipinski definition) is 2. The molecular weight excluding hydrogens is 256 g/mol. The molecule has 0 aliphatic carbocycles. The Bertz CT molecular complexity index is 579. The maximum absolute atomic E-state index is 8.71. The molecule has 0 aliphatic heterocycles. The Morgan fingerprint density at radius 2 is 1.38 bits per heavy atom. The average molecular weight is 278 g/mol. The largest absolute Gasteiger partial charge is 0.292 e. The van der Waals surface area contributed by atoms with E-state index in [-0.39, 0.29) is 0 Å². The summed E-state index contributed by atoms with van der Waals surface area (Å²) in [5.74, 6) is 0. The minimum atomic E-state index is 0.484. The first-order valence-electron chi connectivity index (χ1n) is 7.42. The molecule has 0 unspecified atom stereocenters. The molecule has 2 heteroatoms. The van der Waals surface area contributed by atoms with E-state index in [1.54, 1.807) is 0 Å². The first-order valence-corrected chi connectivity index (χ1v) is 7.42. The summed E-state index contributed by atoms with van der Waals surface area (Å²) >= 11 is 0. The molecule has 0 aromatic heterocycles. The summed E-state index contributed by atoms with van der Waals surface area (Å²) in [5, 5.41) is 8.71. The third-order valence-electron chi connectivity index (χ3n) is 3.65. The first-order chi connectivity index (χ1) is 10.2. The summed E-state index contributed by atoms with van der Waals surface area (Å²) in [7, 11) is 0. The molecule has 108 valence electrons. The van der Waals surface area contributed by atoms with Gasteiger partial charge < -0.3 is 0 Å². The second-order valence-electron chi connectivity index (χ2n) is 5.64. The first kappa shape index (κ1) is 15.3. The van der Waals surface area contributed by atoms with E-state index in [0.29, 0.717) is 12.5 Å². The predicted molar refractivity (Wildman–Crippen MR) is 86.6 cm³/mol. The molecule has 0 saturated carbocycles. The lowest BCUT2D eigenvalue weighted by molar-refractivity contribution is 0.203. The number of nitrogens with zero attached hydrogens (tertiary/aromatic N) is 2. The van der Waals surface area contributed by atoms with Crippen molar-refractivity contribution in [3.05, 3.63) is 71.3 Å². The smallest absolute Gasteiger partial charge is 0.0669 e. The predicted octanol–water partition coefficient (Wildman–Crippen LogP) is 4.16. The van der Waals surface area contributed by atoms with Gasteiger partial charge in [0.2, 0.25) is 0 Å². The summed E-state index contributed by atoms with van der Waals surface area (Å²) in [4.78, 5) is 2.45. The van der Waals surface area contributed by atoms with Crippen LogP contribution in [-0.2, 0) is 19.5 Å². The van der Waals surface area contributed by atoms with Crippen LogP contribution in [0.15, 0.2) is 54.6 Å². The second kappa shape index (κ2) is 7.61. The van der Waals surface area contributed by atoms with Gasteiger partial charge >= 0.3 is 0 Å². The van der Waals surface area contributed by atoms with Crippen LogP contribution >= 0.6 is 0 Å². The van der Waals surface area contributed by atoms with Crippen LogP contribution in [0.2, 0.25) is 0 Å². The Balaban J connectivity index is 2.04. The van der Waals surface area contributed by atoms with Gasteiger partial charge in [0, 0.05) is 19.1 Å². The molecular formula is C19H22N2. The second-order valence-corrected chi connectivity index (χ2v) is 5.64. The lowest BCUT2D eigenvalue weighted by atomic mass is 10.1. The van der Waals surface area contributed by atoms with Gasteiger partial charge in [0.15, 0.2) is 0 Å². The molecule has 2 aromatic rings. The van der Waals surface area contributed by atoms with E-state index >= 15 is 0 Å². The lowest BCUT2D eigenvalue weighted by Gasteiger charge is -2.26. The van der Waals surface area contributed by atoms with Crippen LogP contribution in [0.4, 0.5) is 0 Å². The Kier molecular flexibility index (Phi) is 5.54. The van der Waals surface area contributed by atoms with E-state index in [1.807, 2.05) is 0 Å². The minimum Gasteiger partial charge on any atom is -0.292 e. The molecule has 0 fully saturated rings. The van der Waals surface area contributed by atoms with Crippen molar-refractivity contribution in [2.75, 3.05) is 0 Å². The SMILES string of the molecule is CC(C)N(Cc1ccccc1)Cc1ccc(CC#N)cc1. The van der Waals surface area contributed by atoms with Gasteiger partial charge in [0.25, 0.3) is 0 Å². The van der Waals surface area contributed by atoms with Crippen LogP contribution in [0.5, 0.6) is 0 Å². The quantitative estimate of drug-likeness (QED) is 0.793. The molecule has 0 amide bonds. The molecule has 0 atom stereocenters. The zero-order chi connectivity index (χ0) is 15.1. The highest BCUT2D eigenvalue weighted by atomic mass is 15.1. The van der Waals surface area contributed by atoms with Gasteiger partial charge in [-0.25, -0.2) is 0 Å². The highest BCUT2D eigenvalue weighted by Gasteiger charge is 2.10. The highest BCUT2D eigenvalue weighted by Crippen LogP contribution is 2.14. The third kappa shape index (κ3) is 4.73. The van der Waals surface area contributed by atoms with Gasteiger partial charge in [-0.15, -0.1) is 0 Å². The zero-order valence-electron chi connectivity index (χ0n) is 12.8. The Morgan fingerprint density at radius 1 is 0.857 bits per heavy atom. The number of benzene rings is 2. The maximum atomic E-state index is 8.71. The third-order valence-corrected chi connectivity index (χ3v) is 3.65. The summed E-state index contributed by atoms with van der Waals surface area (Å²) < 4.78 is 0. The topological polar surface area (TPSA) is 27.0 Å². The van der Waals surface area contributed by atoms with Crippen molar-refractivity contribution >= 4 is 0 Å². The van der Waals surface area contributed by atoms with Crippen molar-refractivity contribution in [3.8, 4) is 6.07 Å². The molecule has 2 aromatic carbocycles. The van der Waals surface area contributed by atoms with Crippen LogP contribution in [0.25, 0.3) is 0 Å². The standard InChI is InChI=1S/C19H22N2/c1-16(2)21(14-18-6-4-3-5-7-18)15-19-10-8-17(9-11-19)12-13-20/h3-11,16H,12,14-15H2,1-2H3. The molecule has 0 aliphatic rings. The van der Waals surface area contributed by atoms with Crippen molar-refractivity contribution in [2.24, 2.45) is 0 Å². The summed E-state index contributed by atoms with van der Waals surface area (Å²) in [5.41, 5.74) is 3.72. The monoisotopic (exact) mass is 278 g/mol. The molecule has 0 spiro atoms. The van der Waals surface area contributed by atoms with Gasteiger partial charge in [0.05, 0.1) is 12.5 Å². The summed E-state index contributed by atoms with van der Waals surface area (Å²) in [6.45, 7) is 6.35. The van der Waals surface area contributed by atoms with E-state index in [2.05, 4.69) is 79.4 Å². The zero-order valence-corrected chi connectivity index (χ0v) is 12.8. The molecule has 21 heavy (non-hydrogen) atoms. The molecule has 0 saturated heterocycles. The maximum Gasteiger partial charge on any atom is 0.0669 e. The Labute approximate surface area is 127 Å². The molecule has 0 bridgehead atoms. The van der Waals surface area contributed by atoms with Crippen molar-refractivity contribution in [3.63, 3.8) is 0 Å². The van der Waals surface area contributed by atoms with E-state index in [9.17, 15) is 0 Å². The van der Waals surface area contributed by atoms with Gasteiger partial charge in [-0.2, -0.15) is 5.26 Å². The van der Waals surface area contributed by atoms with Gasteiger partial charge in [-0.05, 0) is 30.5 Å². The van der Waals surface area contributed by atoms with Crippen LogP contribution in [0.1, 0.15) is 30.5 Å². The van der Waals surface area contributed by atoms with E-state index in [4.69, 9.17) is 5.26 Å². The van der Waals surface area contributed by atoms with Gasteiger partial charge in [0.1, 0.15) is 0 Å². The summed E-state index contributed by atoms with van der Waals surface area (Å²) in [6.07, 6.45) is 0.484. The van der Waals surface area contributed by atoms with E-state index in [0.717, 1.165) is 18.7 Å². The molecule has 2 rings (SSSR count). The van der Waals surface area contributed by atoms with Crippen LogP contribution in [0.3, 0.4) is 0 Å². The Morgan fingerprint density at radius 3 is 1.90 bits per heavy atom. The normalized spacial score (nSPS) is 10.8. The van der Waals surface area contributed by atoms with Crippen molar-refractivity contribution in [2.45, 2.75) is 39.4 Å². The lowest BCUT2D eigenvalue weighted by Crippen LogP contribution is -2.29. The van der Waals surface area contributed by atoms with E-state index < -0.39 is 0 Å². The van der Waals surface area contributed by atoms with Crippen LogP contribution < -0.4 is 0 Å². The van der Waals surface area contributed by atoms with Crippen molar-refractivity contribution < 1.29 is 0 Å². The number of rotatable bonds is 6. The fraction of sp³-hybridized carbons (Fsp3) is 0.316. The molecule has 2 nitrogen and oxygen atoms in total. The van der Waals surface area contributed by atoms with Crippen LogP contribution in [-0.4, -0.2) is 10.9 Å². The Hall–Kier alpha value is -2.11. The van der Waals surface area contributed by atoms with Crippen LogP contribution in [0, 0.1) is 11.3 Å². The van der Waals surface area contributed by atoms with Crippen molar-refractivity contribution in [1.82, 2.24) is 4.90 Å². The van der Waals surface area contributed by atoms with E-state index in [1.165, 1.54) is 11.1 Å². The summed E-state index contributed by atoms with van der Waals surface area (Å²) in [6, 6.07) is 21.6. The highest BCUT2D eigenvalue weighted by molar-refractivity contribution is 5.24. The molecule has 0 radical (unpaired) electrons.